The Morgan fingerprint density at radius 3 is 2.26 bits per heavy atom. The van der Waals surface area contributed by atoms with E-state index in [1.54, 1.807) is 0 Å². The van der Waals surface area contributed by atoms with Gasteiger partial charge in [0.25, 0.3) is 0 Å². The van der Waals surface area contributed by atoms with Gasteiger partial charge in [0.2, 0.25) is 10.0 Å². The van der Waals surface area contributed by atoms with E-state index in [2.05, 4.69) is 4.72 Å². The lowest BCUT2D eigenvalue weighted by atomic mass is 9.81. The standard InChI is InChI=1S/C14H29NO3S/c1-11(2)13(16)14(3,4)10-15-19(17,18)9-12-7-5-6-8-12/h11-13,15-16H,5-10H2,1-4H3. The maximum Gasteiger partial charge on any atom is 0.211 e. The summed E-state index contributed by atoms with van der Waals surface area (Å²) in [5, 5.41) is 10.1. The number of hydrogen-bond acceptors (Lipinski definition) is 3. The van der Waals surface area contributed by atoms with Gasteiger partial charge < -0.3 is 5.11 Å². The van der Waals surface area contributed by atoms with Crippen molar-refractivity contribution >= 4 is 10.0 Å². The second-order valence-corrected chi connectivity index (χ2v) is 8.78. The molecule has 4 nitrogen and oxygen atoms in total. The highest BCUT2D eigenvalue weighted by Crippen LogP contribution is 2.27. The van der Waals surface area contributed by atoms with E-state index >= 15 is 0 Å². The monoisotopic (exact) mass is 291 g/mol. The third-order valence-corrected chi connectivity index (χ3v) is 5.60. The van der Waals surface area contributed by atoms with Crippen molar-refractivity contribution < 1.29 is 13.5 Å². The van der Waals surface area contributed by atoms with Crippen LogP contribution in [0.2, 0.25) is 0 Å². The summed E-state index contributed by atoms with van der Waals surface area (Å²) in [7, 11) is -3.22. The summed E-state index contributed by atoms with van der Waals surface area (Å²) >= 11 is 0. The molecule has 0 spiro atoms. The number of aliphatic hydroxyl groups is 1. The molecular weight excluding hydrogens is 262 g/mol. The van der Waals surface area contributed by atoms with Gasteiger partial charge in [-0.25, -0.2) is 13.1 Å². The molecule has 1 fully saturated rings. The Labute approximate surface area is 118 Å². The number of aliphatic hydroxyl groups excluding tert-OH is 1. The Balaban J connectivity index is 2.49. The predicted molar refractivity (Wildman–Crippen MR) is 78.4 cm³/mol. The molecule has 0 aromatic carbocycles. The Morgan fingerprint density at radius 1 is 1.26 bits per heavy atom. The molecule has 5 heteroatoms. The van der Waals surface area contributed by atoms with E-state index in [1.807, 2.05) is 27.7 Å². The second-order valence-electron chi connectivity index (χ2n) is 6.93. The van der Waals surface area contributed by atoms with Gasteiger partial charge in [-0.1, -0.05) is 40.5 Å². The van der Waals surface area contributed by atoms with Crippen LogP contribution in [0.25, 0.3) is 0 Å². The molecule has 19 heavy (non-hydrogen) atoms. The summed E-state index contributed by atoms with van der Waals surface area (Å²) in [4.78, 5) is 0. The molecular formula is C14H29NO3S. The highest BCUT2D eigenvalue weighted by molar-refractivity contribution is 7.89. The second kappa shape index (κ2) is 6.55. The number of rotatable bonds is 7. The molecule has 1 atom stereocenters. The van der Waals surface area contributed by atoms with Gasteiger partial charge in [0.1, 0.15) is 0 Å². The fourth-order valence-corrected chi connectivity index (χ4v) is 4.51. The van der Waals surface area contributed by atoms with Crippen molar-refractivity contribution in [2.75, 3.05) is 12.3 Å². The fraction of sp³-hybridized carbons (Fsp3) is 1.00. The van der Waals surface area contributed by atoms with Crippen molar-refractivity contribution in [3.8, 4) is 0 Å². The minimum atomic E-state index is -3.22. The highest BCUT2D eigenvalue weighted by Gasteiger charge is 2.32. The molecule has 0 heterocycles. The Bertz CT molecular complexity index is 370. The molecule has 1 unspecified atom stereocenters. The number of hydrogen-bond donors (Lipinski definition) is 2. The quantitative estimate of drug-likeness (QED) is 0.755. The van der Waals surface area contributed by atoms with Crippen LogP contribution in [0.1, 0.15) is 53.4 Å². The molecule has 1 rings (SSSR count). The third-order valence-electron chi connectivity index (χ3n) is 4.11. The van der Waals surface area contributed by atoms with Gasteiger partial charge in [0.05, 0.1) is 11.9 Å². The van der Waals surface area contributed by atoms with Gasteiger partial charge in [-0.2, -0.15) is 0 Å². The maximum atomic E-state index is 12.0. The van der Waals surface area contributed by atoms with E-state index in [4.69, 9.17) is 0 Å². The zero-order valence-corrected chi connectivity index (χ0v) is 13.5. The van der Waals surface area contributed by atoms with Crippen molar-refractivity contribution in [2.45, 2.75) is 59.5 Å². The van der Waals surface area contributed by atoms with Gasteiger partial charge in [0, 0.05) is 12.0 Å². The van der Waals surface area contributed by atoms with Gasteiger partial charge in [0.15, 0.2) is 0 Å². The Kier molecular flexibility index (Phi) is 5.83. The van der Waals surface area contributed by atoms with E-state index in [1.165, 1.54) is 0 Å². The summed E-state index contributed by atoms with van der Waals surface area (Å²) in [6.07, 6.45) is 3.84. The lowest BCUT2D eigenvalue weighted by molar-refractivity contribution is 0.0166. The third kappa shape index (κ3) is 5.40. The molecule has 0 aromatic heterocycles. The van der Waals surface area contributed by atoms with Crippen LogP contribution < -0.4 is 4.72 Å². The first-order valence-electron chi connectivity index (χ1n) is 7.29. The lowest BCUT2D eigenvalue weighted by Crippen LogP contribution is -2.44. The summed E-state index contributed by atoms with van der Waals surface area (Å²) in [6, 6.07) is 0. The van der Waals surface area contributed by atoms with Crippen molar-refractivity contribution in [1.29, 1.82) is 0 Å². The minimum Gasteiger partial charge on any atom is -0.392 e. The molecule has 0 radical (unpaired) electrons. The average Bonchev–Trinajstić information content (AvgIpc) is 2.77. The van der Waals surface area contributed by atoms with E-state index in [9.17, 15) is 13.5 Å². The first kappa shape index (κ1) is 16.9. The number of sulfonamides is 1. The topological polar surface area (TPSA) is 66.4 Å². The fourth-order valence-electron chi connectivity index (χ4n) is 2.85. The summed E-state index contributed by atoms with van der Waals surface area (Å²) in [6.45, 7) is 7.98. The minimum absolute atomic E-state index is 0.120. The highest BCUT2D eigenvalue weighted by atomic mass is 32.2. The molecule has 0 saturated heterocycles. The Hall–Kier alpha value is -0.130. The Morgan fingerprint density at radius 2 is 1.79 bits per heavy atom. The van der Waals surface area contributed by atoms with Crippen LogP contribution in [0.5, 0.6) is 0 Å². The van der Waals surface area contributed by atoms with Gasteiger partial charge in [-0.3, -0.25) is 0 Å². The van der Waals surface area contributed by atoms with E-state index in [0.717, 1.165) is 25.7 Å². The zero-order valence-electron chi connectivity index (χ0n) is 12.6. The summed E-state index contributed by atoms with van der Waals surface area (Å²) in [5.74, 6) is 0.672. The van der Waals surface area contributed by atoms with Crippen molar-refractivity contribution in [3.63, 3.8) is 0 Å². The van der Waals surface area contributed by atoms with Crippen LogP contribution in [-0.4, -0.2) is 31.9 Å². The molecule has 1 aliphatic rings. The molecule has 2 N–H and O–H groups in total. The number of nitrogens with one attached hydrogen (secondary N) is 1. The molecule has 114 valence electrons. The molecule has 0 amide bonds. The van der Waals surface area contributed by atoms with Crippen LogP contribution in [-0.2, 0) is 10.0 Å². The summed E-state index contributed by atoms with van der Waals surface area (Å²) in [5.41, 5.74) is -0.448. The average molecular weight is 291 g/mol. The predicted octanol–water partition coefficient (Wildman–Crippen LogP) is 2.14. The van der Waals surface area contributed by atoms with Crippen molar-refractivity contribution in [2.24, 2.45) is 17.3 Å². The first-order valence-corrected chi connectivity index (χ1v) is 8.95. The normalized spacial score (nSPS) is 20.1. The van der Waals surface area contributed by atoms with Crippen molar-refractivity contribution in [3.05, 3.63) is 0 Å². The largest absolute Gasteiger partial charge is 0.392 e. The van der Waals surface area contributed by atoms with Crippen LogP contribution >= 0.6 is 0 Å². The molecule has 0 aromatic rings. The maximum absolute atomic E-state index is 12.0. The summed E-state index contributed by atoms with van der Waals surface area (Å²) < 4.78 is 26.7. The SMILES string of the molecule is CC(C)C(O)C(C)(C)CNS(=O)(=O)CC1CCCC1. The van der Waals surface area contributed by atoms with Gasteiger partial charge in [-0.15, -0.1) is 0 Å². The van der Waals surface area contributed by atoms with Crippen LogP contribution in [0, 0.1) is 17.3 Å². The molecule has 0 bridgehead atoms. The molecule has 0 aliphatic heterocycles. The smallest absolute Gasteiger partial charge is 0.211 e. The van der Waals surface area contributed by atoms with Crippen LogP contribution in [0.15, 0.2) is 0 Å². The van der Waals surface area contributed by atoms with Crippen LogP contribution in [0.3, 0.4) is 0 Å². The molecule has 1 aliphatic carbocycles. The van der Waals surface area contributed by atoms with Crippen molar-refractivity contribution in [1.82, 2.24) is 4.72 Å². The first-order chi connectivity index (χ1) is 8.64. The van der Waals surface area contributed by atoms with E-state index < -0.39 is 21.5 Å². The molecule has 1 saturated carbocycles. The van der Waals surface area contributed by atoms with Gasteiger partial charge >= 0.3 is 0 Å². The lowest BCUT2D eigenvalue weighted by Gasteiger charge is -2.33. The zero-order chi connectivity index (χ0) is 14.7. The van der Waals surface area contributed by atoms with Crippen LogP contribution in [0.4, 0.5) is 0 Å². The van der Waals surface area contributed by atoms with E-state index in [0.29, 0.717) is 12.5 Å². The van der Waals surface area contributed by atoms with Gasteiger partial charge in [-0.05, 0) is 24.7 Å². The van der Waals surface area contributed by atoms with E-state index in [-0.39, 0.29) is 11.7 Å².